The number of benzene rings is 1. The number of fused-ring (bicyclic) bond motifs is 5. The number of allylic oxidation sites excluding steroid dienone is 1. The Bertz CT molecular complexity index is 2160. The molecule has 3 fully saturated rings. The molecule has 6 atom stereocenters. The predicted octanol–water partition coefficient (Wildman–Crippen LogP) is 5.47. The van der Waals surface area contributed by atoms with Gasteiger partial charge in [0.15, 0.2) is 11.4 Å². The van der Waals surface area contributed by atoms with E-state index < -0.39 is 91.4 Å². The predicted molar refractivity (Wildman–Crippen MR) is 204 cm³/mol. The van der Waals surface area contributed by atoms with Gasteiger partial charge in [0, 0.05) is 29.3 Å². The minimum atomic E-state index is -4.94. The van der Waals surface area contributed by atoms with Crippen LogP contribution in [-0.4, -0.2) is 99.8 Å². The number of carboxylic acid groups (broad SMARTS) is 1. The molecule has 18 heteroatoms. The minimum absolute atomic E-state index is 0.0500. The van der Waals surface area contributed by atoms with Gasteiger partial charge in [-0.25, -0.2) is 18.2 Å². The number of sulfonamides is 1. The largest absolute Gasteiger partial charge is 0.497 e. The van der Waals surface area contributed by atoms with Crippen LogP contribution in [0.3, 0.4) is 0 Å². The van der Waals surface area contributed by atoms with E-state index in [0.29, 0.717) is 56.1 Å². The normalized spacial score (nSPS) is 29.4. The number of methoxy groups -OCH3 is 1. The number of amides is 4. The molecule has 2 aromatic rings. The van der Waals surface area contributed by atoms with Crippen molar-refractivity contribution in [2.24, 2.45) is 5.92 Å². The summed E-state index contributed by atoms with van der Waals surface area (Å²) in [6, 6.07) is 1.24. The Balaban J connectivity index is 1.31. The van der Waals surface area contributed by atoms with Crippen LogP contribution in [-0.2, 0) is 37.0 Å². The van der Waals surface area contributed by atoms with Gasteiger partial charge in [0.2, 0.25) is 21.8 Å². The summed E-state index contributed by atoms with van der Waals surface area (Å²) in [7, 11) is -2.68. The smallest absolute Gasteiger partial charge is 0.437 e. The van der Waals surface area contributed by atoms with Gasteiger partial charge >= 0.3 is 12.3 Å². The third-order valence-corrected chi connectivity index (χ3v) is 15.0. The number of nitrogens with one attached hydrogen (secondary N) is 2. The summed E-state index contributed by atoms with van der Waals surface area (Å²) < 4.78 is 83.5. The first-order valence-electron chi connectivity index (χ1n) is 19.9. The van der Waals surface area contributed by atoms with Gasteiger partial charge in [0.1, 0.15) is 29.0 Å². The van der Waals surface area contributed by atoms with Crippen molar-refractivity contribution in [3.8, 4) is 11.5 Å². The lowest BCUT2D eigenvalue weighted by molar-refractivity contribution is -0.145. The van der Waals surface area contributed by atoms with Gasteiger partial charge < -0.3 is 24.8 Å². The van der Waals surface area contributed by atoms with Crippen LogP contribution < -0.4 is 19.5 Å². The van der Waals surface area contributed by atoms with Crippen molar-refractivity contribution in [1.29, 1.82) is 0 Å². The highest BCUT2D eigenvalue weighted by atomic mass is 32.2. The third-order valence-electron chi connectivity index (χ3n) is 12.9. The first-order chi connectivity index (χ1) is 27.3. The number of rotatable bonds is 7. The van der Waals surface area contributed by atoms with Crippen LogP contribution in [0.25, 0.3) is 10.9 Å². The number of alkyl halides is 3. The number of hydrogen-bond donors (Lipinski definition) is 3. The maximum atomic E-state index is 14.9. The molecule has 0 radical (unpaired) electrons. The topological polar surface area (TPSA) is 185 Å². The second kappa shape index (κ2) is 14.9. The first-order valence-corrected chi connectivity index (χ1v) is 21.4. The maximum Gasteiger partial charge on any atom is 0.437 e. The van der Waals surface area contributed by atoms with Crippen molar-refractivity contribution < 1.29 is 55.3 Å². The highest BCUT2D eigenvalue weighted by molar-refractivity contribution is 7.91. The summed E-state index contributed by atoms with van der Waals surface area (Å²) in [5, 5.41) is 13.6. The fraction of sp³-hybridized carbons (Fsp3) is 0.625. The Kier molecular flexibility index (Phi) is 10.7. The zero-order valence-corrected chi connectivity index (χ0v) is 33.8. The van der Waals surface area contributed by atoms with E-state index in [0.717, 1.165) is 4.90 Å². The van der Waals surface area contributed by atoms with Crippen LogP contribution in [0, 0.1) is 5.92 Å². The summed E-state index contributed by atoms with van der Waals surface area (Å²) in [4.78, 5) is 62.6. The van der Waals surface area contributed by atoms with Crippen LogP contribution >= 0.6 is 0 Å². The molecule has 3 N–H and O–H groups in total. The Labute approximate surface area is 334 Å². The number of hydrogen-bond acceptors (Lipinski definition) is 9. The van der Waals surface area contributed by atoms with Crippen molar-refractivity contribution >= 4 is 44.7 Å². The number of carbonyl (C=O) groups excluding carboxylic acids is 3. The van der Waals surface area contributed by atoms with E-state index in [4.69, 9.17) is 9.47 Å². The Hall–Kier alpha value is -4.61. The zero-order chi connectivity index (χ0) is 42.0. The minimum Gasteiger partial charge on any atom is -0.497 e. The second-order valence-corrected chi connectivity index (χ2v) is 19.0. The molecular formula is C40H50F3N5O9S. The lowest BCUT2D eigenvalue weighted by atomic mass is 9.87. The van der Waals surface area contributed by atoms with Gasteiger partial charge in [-0.3, -0.25) is 24.0 Å². The van der Waals surface area contributed by atoms with Crippen LogP contribution in [0.4, 0.5) is 18.0 Å². The van der Waals surface area contributed by atoms with Gasteiger partial charge in [-0.1, -0.05) is 31.9 Å². The Morgan fingerprint density at radius 1 is 1.17 bits per heavy atom. The number of halogens is 3. The molecule has 2 saturated carbocycles. The molecule has 4 amide bonds. The summed E-state index contributed by atoms with van der Waals surface area (Å²) in [5.41, 5.74) is -4.19. The van der Waals surface area contributed by atoms with E-state index in [2.05, 4.69) is 15.0 Å². The summed E-state index contributed by atoms with van der Waals surface area (Å²) in [6.07, 6.45) is 0.862. The standard InChI is InChI=1S/C40H50F3N5O9S/c1-5-23(2)48(36(52)53)29-12-10-8-6-7-9-11-24-20-39(24,35(51)46-58(54,55)37(3)17-18-37)45-33(49)30-21-38(22-47(30)34(29)50)16-15-26-27-19-25(56-4)13-14-28(27)44-32(31(26)57-38)40(41,42)43/h9,11,13-14,19,23-24,29-30H,5-8,10,12,15-18,20-22H2,1-4H3,(H,45,49)(H,46,51)(H,52,53)/b11-9-/t23-,24-,29+,30+,38-,39-/m1/s1. The molecule has 4 heterocycles. The summed E-state index contributed by atoms with van der Waals surface area (Å²) in [5.74, 6) is -3.18. The average Bonchev–Trinajstić information content (AvgIpc) is 4.06. The quantitative estimate of drug-likeness (QED) is 0.303. The molecule has 14 nitrogen and oxygen atoms in total. The molecule has 0 bridgehead atoms. The Morgan fingerprint density at radius 3 is 2.57 bits per heavy atom. The lowest BCUT2D eigenvalue weighted by Crippen LogP contribution is -2.59. The number of nitrogens with zero attached hydrogens (tertiary/aromatic N) is 3. The number of ether oxygens (including phenoxy) is 2. The van der Waals surface area contributed by atoms with Gasteiger partial charge in [0.05, 0.1) is 23.9 Å². The summed E-state index contributed by atoms with van der Waals surface area (Å²) >= 11 is 0. The molecular weight excluding hydrogens is 784 g/mol. The number of carbonyl (C=O) groups is 4. The van der Waals surface area contributed by atoms with Crippen molar-refractivity contribution in [2.75, 3.05) is 13.7 Å². The molecule has 2 aliphatic carbocycles. The van der Waals surface area contributed by atoms with Crippen LogP contribution in [0.5, 0.6) is 11.5 Å². The van der Waals surface area contributed by atoms with E-state index in [-0.39, 0.29) is 49.7 Å². The van der Waals surface area contributed by atoms with Crippen LogP contribution in [0.1, 0.15) is 103 Å². The van der Waals surface area contributed by atoms with Gasteiger partial charge in [0.25, 0.3) is 5.91 Å². The first kappa shape index (κ1) is 41.5. The second-order valence-electron chi connectivity index (χ2n) is 16.8. The van der Waals surface area contributed by atoms with E-state index in [1.165, 1.54) is 31.1 Å². The molecule has 58 heavy (non-hydrogen) atoms. The fourth-order valence-electron chi connectivity index (χ4n) is 8.76. The highest BCUT2D eigenvalue weighted by Gasteiger charge is 2.64. The molecule has 316 valence electrons. The van der Waals surface area contributed by atoms with Crippen molar-refractivity contribution in [2.45, 2.75) is 138 Å². The van der Waals surface area contributed by atoms with E-state index in [9.17, 15) is 45.9 Å². The van der Waals surface area contributed by atoms with Crippen LogP contribution in [0.15, 0.2) is 30.4 Å². The maximum absolute atomic E-state index is 14.9. The van der Waals surface area contributed by atoms with E-state index in [1.54, 1.807) is 26.0 Å². The molecule has 0 unspecified atom stereocenters. The fourth-order valence-corrected chi connectivity index (χ4v) is 10.1. The molecule has 1 spiro atoms. The van der Waals surface area contributed by atoms with Crippen LogP contribution in [0.2, 0.25) is 0 Å². The van der Waals surface area contributed by atoms with Crippen molar-refractivity contribution in [1.82, 2.24) is 24.8 Å². The molecule has 3 aliphatic heterocycles. The van der Waals surface area contributed by atoms with Gasteiger partial charge in [-0.2, -0.15) is 13.2 Å². The third kappa shape index (κ3) is 7.44. The average molecular weight is 834 g/mol. The van der Waals surface area contributed by atoms with E-state index in [1.807, 2.05) is 6.08 Å². The van der Waals surface area contributed by atoms with Crippen molar-refractivity contribution in [3.05, 3.63) is 41.6 Å². The van der Waals surface area contributed by atoms with Gasteiger partial charge in [-0.05, 0) is 89.8 Å². The SMILES string of the molecule is CC[C@@H](C)N(C(=O)O)[C@H]1CCCCC/C=C\[C@@H]2C[C@@]2(C(=O)NS(=O)(=O)C2(C)CC2)NC(=O)[C@@H]2C[C@]3(CCc4c(c(C(F)(F)F)nc5ccc(OC)cc45)O3)CN2C1=O. The van der Waals surface area contributed by atoms with Gasteiger partial charge in [-0.15, -0.1) is 0 Å². The highest BCUT2D eigenvalue weighted by Crippen LogP contribution is 2.51. The molecule has 1 saturated heterocycles. The van der Waals surface area contributed by atoms with Crippen molar-refractivity contribution in [3.63, 3.8) is 0 Å². The molecule has 5 aliphatic rings. The molecule has 1 aromatic heterocycles. The number of pyridine rings is 1. The molecule has 7 rings (SSSR count). The lowest BCUT2D eigenvalue weighted by Gasteiger charge is -2.38. The zero-order valence-electron chi connectivity index (χ0n) is 33.0. The monoisotopic (exact) mass is 833 g/mol. The number of aromatic nitrogens is 1. The summed E-state index contributed by atoms with van der Waals surface area (Å²) in [6.45, 7) is 4.62. The number of aryl methyl sites for hydroxylation is 1. The van der Waals surface area contributed by atoms with E-state index >= 15 is 0 Å². The molecule has 1 aromatic carbocycles. The Morgan fingerprint density at radius 2 is 1.91 bits per heavy atom.